The molecule has 0 radical (unpaired) electrons. The first-order chi connectivity index (χ1) is 11.5. The largest absolute Gasteiger partial charge is 0.342 e. The van der Waals surface area contributed by atoms with Gasteiger partial charge in [-0.1, -0.05) is 27.7 Å². The summed E-state index contributed by atoms with van der Waals surface area (Å²) in [4.78, 5) is 31.8. The van der Waals surface area contributed by atoms with Crippen LogP contribution in [-0.4, -0.2) is 38.7 Å². The van der Waals surface area contributed by atoms with Gasteiger partial charge in [0.1, 0.15) is 0 Å². The number of hydrogen-bond acceptors (Lipinski definition) is 4. The minimum Gasteiger partial charge on any atom is -0.342 e. The lowest BCUT2D eigenvalue weighted by atomic mass is 10.2. The van der Waals surface area contributed by atoms with Crippen LogP contribution in [0.1, 0.15) is 26.7 Å². The van der Waals surface area contributed by atoms with Crippen LogP contribution >= 0.6 is 27.7 Å². The zero-order valence-electron chi connectivity index (χ0n) is 13.8. The van der Waals surface area contributed by atoms with Gasteiger partial charge in [-0.3, -0.25) is 14.2 Å². The molecule has 0 bridgehead atoms. The molecule has 1 aromatic carbocycles. The van der Waals surface area contributed by atoms with Crippen LogP contribution in [0.3, 0.4) is 0 Å². The van der Waals surface area contributed by atoms with E-state index in [1.54, 1.807) is 10.6 Å². The Hall–Kier alpha value is -1.34. The van der Waals surface area contributed by atoms with Gasteiger partial charge in [0.15, 0.2) is 5.16 Å². The number of amides is 1. The smallest absolute Gasteiger partial charge is 0.262 e. The van der Waals surface area contributed by atoms with E-state index in [-0.39, 0.29) is 16.7 Å². The Morgan fingerprint density at radius 3 is 2.75 bits per heavy atom. The van der Waals surface area contributed by atoms with Crippen LogP contribution in [-0.2, 0) is 11.3 Å². The van der Waals surface area contributed by atoms with Gasteiger partial charge in [-0.2, -0.15) is 0 Å². The number of halogens is 1. The fourth-order valence-corrected chi connectivity index (χ4v) is 4.36. The molecule has 2 heterocycles. The fraction of sp³-hybridized carbons (Fsp3) is 0.471. The molecular weight excluding hydrogens is 390 g/mol. The number of rotatable bonds is 4. The third-order valence-corrected chi connectivity index (χ3v) is 5.82. The van der Waals surface area contributed by atoms with Gasteiger partial charge < -0.3 is 4.90 Å². The molecule has 2 aromatic rings. The maximum Gasteiger partial charge on any atom is 0.262 e. The van der Waals surface area contributed by atoms with Crippen LogP contribution in [0.4, 0.5) is 0 Å². The van der Waals surface area contributed by atoms with Gasteiger partial charge >= 0.3 is 0 Å². The lowest BCUT2D eigenvalue weighted by molar-refractivity contribution is -0.129. The molecule has 1 aromatic heterocycles. The predicted molar refractivity (Wildman–Crippen MR) is 101 cm³/mol. The number of aromatic nitrogens is 2. The van der Waals surface area contributed by atoms with Crippen molar-refractivity contribution in [1.82, 2.24) is 14.5 Å². The molecule has 1 atom stereocenters. The van der Waals surface area contributed by atoms with Crippen LogP contribution in [0.2, 0.25) is 0 Å². The van der Waals surface area contributed by atoms with Crippen molar-refractivity contribution in [3.63, 3.8) is 0 Å². The number of hydrogen-bond donors (Lipinski definition) is 0. The van der Waals surface area contributed by atoms with Crippen molar-refractivity contribution >= 4 is 44.5 Å². The van der Waals surface area contributed by atoms with Crippen molar-refractivity contribution in [2.24, 2.45) is 0 Å². The molecule has 1 unspecified atom stereocenters. The highest BCUT2D eigenvalue weighted by molar-refractivity contribution is 9.10. The van der Waals surface area contributed by atoms with Crippen molar-refractivity contribution in [3.8, 4) is 0 Å². The highest BCUT2D eigenvalue weighted by Crippen LogP contribution is 2.25. The Bertz CT molecular complexity index is 830. The summed E-state index contributed by atoms with van der Waals surface area (Å²) in [5.74, 6) is 0.130. The molecule has 1 aliphatic rings. The van der Waals surface area contributed by atoms with E-state index in [4.69, 9.17) is 0 Å². The van der Waals surface area contributed by atoms with E-state index in [9.17, 15) is 9.59 Å². The molecule has 24 heavy (non-hydrogen) atoms. The van der Waals surface area contributed by atoms with Crippen molar-refractivity contribution in [3.05, 3.63) is 33.0 Å². The highest BCUT2D eigenvalue weighted by Gasteiger charge is 2.25. The topological polar surface area (TPSA) is 55.2 Å². The molecule has 3 rings (SSSR count). The van der Waals surface area contributed by atoms with Crippen LogP contribution in [0.5, 0.6) is 0 Å². The number of thioether (sulfide) groups is 1. The summed E-state index contributed by atoms with van der Waals surface area (Å²) in [6.07, 6.45) is 2.15. The second-order valence-corrected chi connectivity index (χ2v) is 8.12. The van der Waals surface area contributed by atoms with Gasteiger partial charge in [0.05, 0.1) is 16.2 Å². The van der Waals surface area contributed by atoms with E-state index in [1.807, 2.05) is 30.9 Å². The quantitative estimate of drug-likeness (QED) is 0.574. The average Bonchev–Trinajstić information content (AvgIpc) is 3.09. The van der Waals surface area contributed by atoms with Crippen molar-refractivity contribution in [2.75, 3.05) is 13.1 Å². The molecular formula is C17H20BrN3O2S. The summed E-state index contributed by atoms with van der Waals surface area (Å²) in [6, 6.07) is 5.50. The van der Waals surface area contributed by atoms with E-state index < -0.39 is 0 Å². The van der Waals surface area contributed by atoms with Gasteiger partial charge in [-0.05, 0) is 44.9 Å². The third kappa shape index (κ3) is 3.37. The van der Waals surface area contributed by atoms with E-state index in [2.05, 4.69) is 20.9 Å². The summed E-state index contributed by atoms with van der Waals surface area (Å²) in [6.45, 7) is 6.02. The molecule has 0 saturated carbocycles. The van der Waals surface area contributed by atoms with E-state index in [1.165, 1.54) is 11.8 Å². The normalized spacial score (nSPS) is 15.9. The average molecular weight is 410 g/mol. The van der Waals surface area contributed by atoms with E-state index in [0.717, 1.165) is 30.4 Å². The monoisotopic (exact) mass is 409 g/mol. The molecule has 0 N–H and O–H groups in total. The highest BCUT2D eigenvalue weighted by atomic mass is 79.9. The Labute approximate surface area is 153 Å². The molecule has 1 aliphatic heterocycles. The summed E-state index contributed by atoms with van der Waals surface area (Å²) in [5.41, 5.74) is 0.600. The van der Waals surface area contributed by atoms with Crippen LogP contribution < -0.4 is 5.56 Å². The van der Waals surface area contributed by atoms with Gasteiger partial charge in [0.25, 0.3) is 5.56 Å². The third-order valence-electron chi connectivity index (χ3n) is 4.25. The number of carbonyl (C=O) groups excluding carboxylic acids is 1. The zero-order valence-corrected chi connectivity index (χ0v) is 16.2. The summed E-state index contributed by atoms with van der Waals surface area (Å²) in [7, 11) is 0. The van der Waals surface area contributed by atoms with Crippen LogP contribution in [0.15, 0.2) is 32.6 Å². The SMILES string of the molecule is CCn1c(SC(C)C(=O)N2CCCC2)nc2ccc(Br)cc2c1=O. The number of nitrogens with zero attached hydrogens (tertiary/aromatic N) is 3. The molecule has 1 amide bonds. The van der Waals surface area contributed by atoms with Crippen LogP contribution in [0.25, 0.3) is 10.9 Å². The van der Waals surface area contributed by atoms with Crippen molar-refractivity contribution < 1.29 is 4.79 Å². The van der Waals surface area contributed by atoms with Crippen molar-refractivity contribution in [1.29, 1.82) is 0 Å². The molecule has 1 fully saturated rings. The number of benzene rings is 1. The minimum absolute atomic E-state index is 0.0629. The first-order valence-electron chi connectivity index (χ1n) is 8.16. The first-order valence-corrected chi connectivity index (χ1v) is 9.84. The molecule has 7 heteroatoms. The summed E-state index contributed by atoms with van der Waals surface area (Å²) >= 11 is 4.77. The van der Waals surface area contributed by atoms with Crippen LogP contribution in [0, 0.1) is 0 Å². The van der Waals surface area contributed by atoms with Gasteiger partial charge in [-0.15, -0.1) is 0 Å². The first kappa shape index (κ1) is 17.5. The van der Waals surface area contributed by atoms with E-state index in [0.29, 0.717) is 22.6 Å². The number of likely N-dealkylation sites (tertiary alicyclic amines) is 1. The Morgan fingerprint density at radius 1 is 1.38 bits per heavy atom. The lowest BCUT2D eigenvalue weighted by Gasteiger charge is -2.20. The van der Waals surface area contributed by atoms with Crippen molar-refractivity contribution in [2.45, 2.75) is 43.6 Å². The number of fused-ring (bicyclic) bond motifs is 1. The molecule has 0 spiro atoms. The molecule has 5 nitrogen and oxygen atoms in total. The Kier molecular flexibility index (Phi) is 5.30. The van der Waals surface area contributed by atoms with Gasteiger partial charge in [0.2, 0.25) is 5.91 Å². The zero-order chi connectivity index (χ0) is 17.3. The minimum atomic E-state index is -0.249. The molecule has 0 aliphatic carbocycles. The molecule has 1 saturated heterocycles. The number of carbonyl (C=O) groups is 1. The summed E-state index contributed by atoms with van der Waals surface area (Å²) in [5, 5.41) is 0.951. The standard InChI is InChI=1S/C17H20BrN3O2S/c1-3-21-16(23)13-10-12(18)6-7-14(13)19-17(21)24-11(2)15(22)20-8-4-5-9-20/h6-7,10-11H,3-5,8-9H2,1-2H3. The lowest BCUT2D eigenvalue weighted by Crippen LogP contribution is -2.34. The van der Waals surface area contributed by atoms with Gasteiger partial charge in [-0.25, -0.2) is 4.98 Å². The fourth-order valence-electron chi connectivity index (χ4n) is 2.94. The summed E-state index contributed by atoms with van der Waals surface area (Å²) < 4.78 is 2.50. The second kappa shape index (κ2) is 7.27. The second-order valence-electron chi connectivity index (χ2n) is 5.90. The van der Waals surface area contributed by atoms with Gasteiger partial charge in [0, 0.05) is 24.1 Å². The Morgan fingerprint density at radius 2 is 2.08 bits per heavy atom. The molecule has 128 valence electrons. The maximum absolute atomic E-state index is 12.7. The maximum atomic E-state index is 12.7. The Balaban J connectivity index is 1.95. The predicted octanol–water partition coefficient (Wildman–Crippen LogP) is 3.28. The van der Waals surface area contributed by atoms with E-state index >= 15 is 0 Å².